The molecule has 2 N–H and O–H groups in total. The van der Waals surface area contributed by atoms with Gasteiger partial charge in [0.25, 0.3) is 0 Å². The van der Waals surface area contributed by atoms with Crippen LogP contribution in [0.2, 0.25) is 0 Å². The van der Waals surface area contributed by atoms with Crippen molar-refractivity contribution in [2.45, 2.75) is 59.9 Å². The molecule has 0 spiro atoms. The lowest BCUT2D eigenvalue weighted by molar-refractivity contribution is 0.0528. The summed E-state index contributed by atoms with van der Waals surface area (Å²) in [6.45, 7) is 13.0. The number of nitrogens with one attached hydrogen (secondary N) is 2. The van der Waals surface area contributed by atoms with E-state index in [-0.39, 0.29) is 16.9 Å². The summed E-state index contributed by atoms with van der Waals surface area (Å²) in [4.78, 5) is 13.5. The number of esters is 1. The number of benzene rings is 1. The third-order valence-electron chi connectivity index (χ3n) is 4.15. The summed E-state index contributed by atoms with van der Waals surface area (Å²) in [7, 11) is 0. The van der Waals surface area contributed by atoms with Gasteiger partial charge in [0.1, 0.15) is 5.00 Å². The highest BCUT2D eigenvalue weighted by atomic mass is 32.1. The maximum Gasteiger partial charge on any atom is 0.341 e. The van der Waals surface area contributed by atoms with Crippen LogP contribution in [0, 0.1) is 5.41 Å². The zero-order valence-corrected chi connectivity index (χ0v) is 19.9. The minimum atomic E-state index is -0.331. The Labute approximate surface area is 184 Å². The Bertz CT molecular complexity index is 836. The van der Waals surface area contributed by atoms with Crippen LogP contribution >= 0.6 is 23.6 Å². The third kappa shape index (κ3) is 7.78. The van der Waals surface area contributed by atoms with E-state index < -0.39 is 0 Å². The summed E-state index contributed by atoms with van der Waals surface area (Å²) in [5.74, 6) is -0.331. The lowest BCUT2D eigenvalue weighted by atomic mass is 9.82. The lowest BCUT2D eigenvalue weighted by Crippen LogP contribution is -2.47. The number of carbonyl (C=O) groups excluding carboxylic acids is 1. The predicted octanol–water partition coefficient (Wildman–Crippen LogP) is 6.02. The minimum Gasteiger partial charge on any atom is -0.462 e. The van der Waals surface area contributed by atoms with Crippen molar-refractivity contribution in [1.29, 1.82) is 0 Å². The van der Waals surface area contributed by atoms with Crippen molar-refractivity contribution in [2.24, 2.45) is 5.41 Å². The van der Waals surface area contributed by atoms with E-state index in [9.17, 15) is 4.79 Å². The highest BCUT2D eigenvalue weighted by Gasteiger charge is 2.27. The van der Waals surface area contributed by atoms with E-state index in [1.807, 2.05) is 31.2 Å². The van der Waals surface area contributed by atoms with Crippen molar-refractivity contribution in [2.75, 3.05) is 11.9 Å². The molecule has 0 aliphatic carbocycles. The smallest absolute Gasteiger partial charge is 0.341 e. The largest absolute Gasteiger partial charge is 0.462 e. The van der Waals surface area contributed by atoms with Gasteiger partial charge >= 0.3 is 5.97 Å². The summed E-state index contributed by atoms with van der Waals surface area (Å²) >= 11 is 7.09. The molecule has 0 bridgehead atoms. The fraction of sp³-hybridized carbons (Fsp3) is 0.478. The van der Waals surface area contributed by atoms with E-state index in [1.54, 1.807) is 0 Å². The van der Waals surface area contributed by atoms with Gasteiger partial charge in [-0.05, 0) is 56.5 Å². The number of ether oxygens (including phenoxy) is 1. The minimum absolute atomic E-state index is 0.170. The summed E-state index contributed by atoms with van der Waals surface area (Å²) < 4.78 is 5.24. The first-order chi connectivity index (χ1) is 13.5. The molecule has 1 aromatic heterocycles. The van der Waals surface area contributed by atoms with Gasteiger partial charge in [-0.2, -0.15) is 0 Å². The van der Waals surface area contributed by atoms with E-state index in [4.69, 9.17) is 17.0 Å². The van der Waals surface area contributed by atoms with Gasteiger partial charge in [0.05, 0.1) is 12.2 Å². The first kappa shape index (κ1) is 23.4. The van der Waals surface area contributed by atoms with E-state index in [1.165, 1.54) is 16.9 Å². The number of thiophene rings is 1. The second kappa shape index (κ2) is 9.72. The van der Waals surface area contributed by atoms with Crippen molar-refractivity contribution in [3.8, 4) is 0 Å². The highest BCUT2D eigenvalue weighted by Crippen LogP contribution is 2.31. The third-order valence-corrected chi connectivity index (χ3v) is 5.41. The van der Waals surface area contributed by atoms with Crippen molar-refractivity contribution in [1.82, 2.24) is 5.32 Å². The molecule has 0 fully saturated rings. The van der Waals surface area contributed by atoms with E-state index >= 15 is 0 Å². The van der Waals surface area contributed by atoms with Gasteiger partial charge in [0, 0.05) is 16.8 Å². The number of rotatable bonds is 7. The maximum absolute atomic E-state index is 12.5. The lowest BCUT2D eigenvalue weighted by Gasteiger charge is -2.34. The molecule has 0 saturated carbocycles. The van der Waals surface area contributed by atoms with E-state index in [2.05, 4.69) is 57.4 Å². The van der Waals surface area contributed by atoms with Gasteiger partial charge in [0.2, 0.25) is 0 Å². The van der Waals surface area contributed by atoms with E-state index in [0.717, 1.165) is 22.7 Å². The summed E-state index contributed by atoms with van der Waals surface area (Å²) in [5, 5.41) is 7.86. The zero-order chi connectivity index (χ0) is 21.7. The fourth-order valence-electron chi connectivity index (χ4n) is 3.59. The first-order valence-electron chi connectivity index (χ1n) is 9.92. The van der Waals surface area contributed by atoms with Crippen LogP contribution in [0.5, 0.6) is 0 Å². The zero-order valence-electron chi connectivity index (χ0n) is 18.2. The SMILES string of the molecule is CCOC(=O)c1cc(Cc2ccccc2)sc1NC(=S)NC(C)(C)CC(C)(C)C. The molecule has 4 nitrogen and oxygen atoms in total. The van der Waals surface area contributed by atoms with Gasteiger partial charge in [-0.25, -0.2) is 4.79 Å². The van der Waals surface area contributed by atoms with Crippen LogP contribution < -0.4 is 10.6 Å². The van der Waals surface area contributed by atoms with E-state index in [0.29, 0.717) is 17.3 Å². The molecular weight excluding hydrogens is 400 g/mol. The number of hydrogen-bond donors (Lipinski definition) is 2. The molecule has 158 valence electrons. The normalized spacial score (nSPS) is 11.8. The van der Waals surface area contributed by atoms with Gasteiger partial charge in [-0.15, -0.1) is 11.3 Å². The molecule has 0 saturated heterocycles. The second-order valence-corrected chi connectivity index (χ2v) is 10.6. The Morgan fingerprint density at radius 2 is 1.79 bits per heavy atom. The molecule has 2 rings (SSSR count). The topological polar surface area (TPSA) is 50.4 Å². The van der Waals surface area contributed by atoms with Crippen molar-refractivity contribution in [3.05, 3.63) is 52.4 Å². The molecule has 6 heteroatoms. The van der Waals surface area contributed by atoms with Crippen LogP contribution in [0.3, 0.4) is 0 Å². The van der Waals surface area contributed by atoms with Crippen molar-refractivity contribution >= 4 is 39.6 Å². The molecule has 29 heavy (non-hydrogen) atoms. The van der Waals surface area contributed by atoms with Crippen LogP contribution in [0.4, 0.5) is 5.00 Å². The quantitative estimate of drug-likeness (QED) is 0.414. The fourth-order valence-corrected chi connectivity index (χ4v) is 5.12. The predicted molar refractivity (Wildman–Crippen MR) is 127 cm³/mol. The average molecular weight is 433 g/mol. The number of anilines is 1. The Hall–Kier alpha value is -1.92. The van der Waals surface area contributed by atoms with Crippen LogP contribution in [-0.2, 0) is 11.2 Å². The first-order valence-corrected chi connectivity index (χ1v) is 11.1. The van der Waals surface area contributed by atoms with Gasteiger partial charge in [-0.1, -0.05) is 51.1 Å². The Kier molecular flexibility index (Phi) is 7.83. The average Bonchev–Trinajstić information content (AvgIpc) is 2.95. The Morgan fingerprint density at radius 3 is 2.38 bits per heavy atom. The van der Waals surface area contributed by atoms with Gasteiger partial charge in [0.15, 0.2) is 5.11 Å². The molecule has 2 aromatic rings. The van der Waals surface area contributed by atoms with Crippen LogP contribution in [0.25, 0.3) is 0 Å². The van der Waals surface area contributed by atoms with Gasteiger partial charge in [-0.3, -0.25) is 0 Å². The van der Waals surface area contributed by atoms with Crippen LogP contribution in [0.15, 0.2) is 36.4 Å². The number of thiocarbonyl (C=S) groups is 1. The van der Waals surface area contributed by atoms with Crippen LogP contribution in [0.1, 0.15) is 68.8 Å². The maximum atomic E-state index is 12.5. The highest BCUT2D eigenvalue weighted by molar-refractivity contribution is 7.80. The molecular formula is C23H32N2O2S2. The molecule has 0 aliphatic rings. The molecule has 0 radical (unpaired) electrons. The molecule has 1 aromatic carbocycles. The molecule has 0 unspecified atom stereocenters. The summed E-state index contributed by atoms with van der Waals surface area (Å²) in [5.41, 5.74) is 1.73. The monoisotopic (exact) mass is 432 g/mol. The Balaban J connectivity index is 2.18. The Morgan fingerprint density at radius 1 is 1.14 bits per heavy atom. The number of carbonyl (C=O) groups is 1. The summed E-state index contributed by atoms with van der Waals surface area (Å²) in [6.07, 6.45) is 1.71. The van der Waals surface area contributed by atoms with Crippen LogP contribution in [-0.4, -0.2) is 23.2 Å². The molecule has 0 amide bonds. The van der Waals surface area contributed by atoms with Gasteiger partial charge < -0.3 is 15.4 Å². The standard InChI is InChI=1S/C23H32N2O2S2/c1-7-27-20(26)18-14-17(13-16-11-9-8-10-12-16)29-19(18)24-21(28)25-23(5,6)15-22(2,3)4/h8-12,14H,7,13,15H2,1-6H3,(H2,24,25,28). The molecule has 0 atom stereocenters. The van der Waals surface area contributed by atoms with Crippen molar-refractivity contribution < 1.29 is 9.53 Å². The second-order valence-electron chi connectivity index (χ2n) is 9.04. The molecule has 1 heterocycles. The van der Waals surface area contributed by atoms with Crippen molar-refractivity contribution in [3.63, 3.8) is 0 Å². The molecule has 0 aliphatic heterocycles. The number of hydrogen-bond acceptors (Lipinski definition) is 4. The summed E-state index contributed by atoms with van der Waals surface area (Å²) in [6, 6.07) is 12.1.